The van der Waals surface area contributed by atoms with Crippen LogP contribution in [0.15, 0.2) is 53.6 Å². The fraction of sp³-hybridized carbons (Fsp3) is 0.235. The minimum absolute atomic E-state index is 0.817. The molecule has 0 saturated carbocycles. The highest BCUT2D eigenvalue weighted by Gasteiger charge is 2.05. The Kier molecular flexibility index (Phi) is 4.35. The van der Waals surface area contributed by atoms with Crippen molar-refractivity contribution in [3.8, 4) is 11.3 Å². The van der Waals surface area contributed by atoms with Crippen molar-refractivity contribution in [2.75, 3.05) is 0 Å². The van der Waals surface area contributed by atoms with Crippen molar-refractivity contribution in [1.29, 1.82) is 0 Å². The molecule has 19 heavy (non-hydrogen) atoms. The van der Waals surface area contributed by atoms with Crippen LogP contribution in [0.5, 0.6) is 0 Å². The van der Waals surface area contributed by atoms with Gasteiger partial charge in [-0.2, -0.15) is 0 Å². The highest BCUT2D eigenvalue weighted by Crippen LogP contribution is 2.25. The quantitative estimate of drug-likeness (QED) is 0.699. The van der Waals surface area contributed by atoms with Crippen LogP contribution in [0.4, 0.5) is 0 Å². The van der Waals surface area contributed by atoms with Gasteiger partial charge in [0.05, 0.1) is 5.69 Å². The van der Waals surface area contributed by atoms with Crippen molar-refractivity contribution < 1.29 is 4.52 Å². The van der Waals surface area contributed by atoms with Crippen molar-refractivity contribution >= 4 is 5.57 Å². The zero-order chi connectivity index (χ0) is 13.7. The average molecular weight is 253 g/mol. The molecule has 0 aliphatic carbocycles. The number of aromatic nitrogens is 1. The lowest BCUT2D eigenvalue weighted by atomic mass is 9.99. The summed E-state index contributed by atoms with van der Waals surface area (Å²) in [6.07, 6.45) is 6.15. The summed E-state index contributed by atoms with van der Waals surface area (Å²) in [5.41, 5.74) is 4.56. The molecule has 0 aliphatic rings. The first kappa shape index (κ1) is 13.3. The molecule has 2 aromatic rings. The molecular formula is C17H19NO. The Morgan fingerprint density at radius 1 is 1.32 bits per heavy atom. The topological polar surface area (TPSA) is 26.0 Å². The average Bonchev–Trinajstić information content (AvgIpc) is 2.87. The summed E-state index contributed by atoms with van der Waals surface area (Å²) in [4.78, 5) is 0. The Morgan fingerprint density at radius 3 is 2.58 bits per heavy atom. The Bertz CT molecular complexity index is 576. The van der Waals surface area contributed by atoms with E-state index in [0.29, 0.717) is 0 Å². The van der Waals surface area contributed by atoms with E-state index < -0.39 is 0 Å². The molecule has 0 N–H and O–H groups in total. The molecule has 0 saturated heterocycles. The van der Waals surface area contributed by atoms with Gasteiger partial charge >= 0.3 is 0 Å². The minimum Gasteiger partial charge on any atom is -0.356 e. The molecule has 2 heteroatoms. The third kappa shape index (κ3) is 3.22. The number of allylic oxidation sites excluding steroid dienone is 3. The van der Waals surface area contributed by atoms with E-state index in [-0.39, 0.29) is 0 Å². The largest absolute Gasteiger partial charge is 0.356 e. The number of benzene rings is 1. The summed E-state index contributed by atoms with van der Waals surface area (Å²) < 4.78 is 5.26. The zero-order valence-electron chi connectivity index (χ0n) is 11.5. The van der Waals surface area contributed by atoms with Crippen LogP contribution >= 0.6 is 0 Å². The molecule has 98 valence electrons. The first-order valence-electron chi connectivity index (χ1n) is 6.55. The van der Waals surface area contributed by atoms with E-state index in [2.05, 4.69) is 49.0 Å². The molecule has 1 heterocycles. The molecule has 1 aromatic carbocycles. The summed E-state index contributed by atoms with van der Waals surface area (Å²) in [5.74, 6) is 0.817. The molecular weight excluding hydrogens is 234 g/mol. The summed E-state index contributed by atoms with van der Waals surface area (Å²) in [7, 11) is 0. The summed E-state index contributed by atoms with van der Waals surface area (Å²) in [5, 5.41) is 3.91. The predicted molar refractivity (Wildman–Crippen MR) is 79.8 cm³/mol. The highest BCUT2D eigenvalue weighted by atomic mass is 16.5. The van der Waals surface area contributed by atoms with Gasteiger partial charge < -0.3 is 4.52 Å². The first-order valence-corrected chi connectivity index (χ1v) is 6.55. The molecule has 0 unspecified atom stereocenters. The first-order chi connectivity index (χ1) is 9.24. The van der Waals surface area contributed by atoms with Gasteiger partial charge in [0.25, 0.3) is 0 Å². The second kappa shape index (κ2) is 6.19. The molecule has 0 spiro atoms. The Hall–Kier alpha value is -2.09. The normalized spacial score (nSPS) is 11.6. The Labute approximate surface area is 114 Å². The lowest BCUT2D eigenvalue weighted by Crippen LogP contribution is -1.85. The maximum Gasteiger partial charge on any atom is 0.167 e. The highest BCUT2D eigenvalue weighted by molar-refractivity contribution is 5.68. The predicted octanol–water partition coefficient (Wildman–Crippen LogP) is 5.02. The van der Waals surface area contributed by atoms with Crippen LogP contribution in [0.3, 0.4) is 0 Å². The lowest BCUT2D eigenvalue weighted by molar-refractivity contribution is 0.427. The van der Waals surface area contributed by atoms with Crippen LogP contribution in [0.2, 0.25) is 0 Å². The molecule has 1 aromatic heterocycles. The van der Waals surface area contributed by atoms with Gasteiger partial charge in [-0.3, -0.25) is 0 Å². The van der Waals surface area contributed by atoms with E-state index in [1.54, 1.807) is 0 Å². The fourth-order valence-electron chi connectivity index (χ4n) is 2.06. The summed E-state index contributed by atoms with van der Waals surface area (Å²) in [6.45, 7) is 7.77. The van der Waals surface area contributed by atoms with Crippen molar-refractivity contribution in [2.24, 2.45) is 0 Å². The molecule has 2 rings (SSSR count). The van der Waals surface area contributed by atoms with Gasteiger partial charge in [0, 0.05) is 11.6 Å². The van der Waals surface area contributed by atoms with Crippen LogP contribution in [0, 0.1) is 6.92 Å². The van der Waals surface area contributed by atoms with E-state index in [1.807, 2.05) is 19.1 Å². The van der Waals surface area contributed by atoms with E-state index in [0.717, 1.165) is 29.9 Å². The second-order valence-corrected chi connectivity index (χ2v) is 4.55. The summed E-state index contributed by atoms with van der Waals surface area (Å²) >= 11 is 0. The van der Waals surface area contributed by atoms with Crippen molar-refractivity contribution in [1.82, 2.24) is 5.16 Å². The summed E-state index contributed by atoms with van der Waals surface area (Å²) in [6, 6.07) is 10.4. The smallest absolute Gasteiger partial charge is 0.167 e. The third-order valence-corrected chi connectivity index (χ3v) is 3.13. The van der Waals surface area contributed by atoms with Crippen molar-refractivity contribution in [2.45, 2.75) is 26.7 Å². The van der Waals surface area contributed by atoms with Gasteiger partial charge in [-0.25, -0.2) is 0 Å². The monoisotopic (exact) mass is 253 g/mol. The van der Waals surface area contributed by atoms with Crippen molar-refractivity contribution in [3.63, 3.8) is 0 Å². The number of rotatable bonds is 5. The van der Waals surface area contributed by atoms with Gasteiger partial charge in [0.15, 0.2) is 5.76 Å². The Balaban J connectivity index is 2.20. The minimum atomic E-state index is 0.817. The molecule has 0 aliphatic heterocycles. The SMILES string of the molecule is C=CCC/C(=C\C)c1ccc(-c2cc(C)no2)cc1. The number of nitrogens with zero attached hydrogens (tertiary/aromatic N) is 1. The number of hydrogen-bond donors (Lipinski definition) is 0. The van der Waals surface area contributed by atoms with E-state index in [1.165, 1.54) is 11.1 Å². The third-order valence-electron chi connectivity index (χ3n) is 3.13. The molecule has 0 atom stereocenters. The van der Waals surface area contributed by atoms with Crippen LogP contribution in [-0.4, -0.2) is 5.16 Å². The molecule has 0 fully saturated rings. The molecule has 0 radical (unpaired) electrons. The Morgan fingerprint density at radius 2 is 2.05 bits per heavy atom. The number of aryl methyl sites for hydroxylation is 1. The van der Waals surface area contributed by atoms with Crippen LogP contribution in [0.25, 0.3) is 16.9 Å². The van der Waals surface area contributed by atoms with Gasteiger partial charge in [0.2, 0.25) is 0 Å². The van der Waals surface area contributed by atoms with Crippen LogP contribution < -0.4 is 0 Å². The zero-order valence-corrected chi connectivity index (χ0v) is 11.5. The maximum absolute atomic E-state index is 5.26. The maximum atomic E-state index is 5.26. The van der Waals surface area contributed by atoms with Crippen LogP contribution in [-0.2, 0) is 0 Å². The molecule has 0 bridgehead atoms. The van der Waals surface area contributed by atoms with Crippen molar-refractivity contribution in [3.05, 3.63) is 60.3 Å². The van der Waals surface area contributed by atoms with Gasteiger partial charge in [-0.15, -0.1) is 6.58 Å². The lowest BCUT2D eigenvalue weighted by Gasteiger charge is -2.06. The van der Waals surface area contributed by atoms with E-state index in [9.17, 15) is 0 Å². The number of hydrogen-bond acceptors (Lipinski definition) is 2. The van der Waals surface area contributed by atoms with Gasteiger partial charge in [-0.05, 0) is 37.8 Å². The van der Waals surface area contributed by atoms with E-state index >= 15 is 0 Å². The molecule has 0 amide bonds. The van der Waals surface area contributed by atoms with Crippen LogP contribution in [0.1, 0.15) is 31.0 Å². The van der Waals surface area contributed by atoms with E-state index in [4.69, 9.17) is 4.52 Å². The second-order valence-electron chi connectivity index (χ2n) is 4.55. The standard InChI is InChI=1S/C17H19NO/c1-4-6-7-14(5-2)15-8-10-16(11-9-15)17-12-13(3)18-19-17/h4-5,8-12H,1,6-7H2,2-3H3/b14-5+. The molecule has 2 nitrogen and oxygen atoms in total. The van der Waals surface area contributed by atoms with Gasteiger partial charge in [-0.1, -0.05) is 41.6 Å². The fourth-order valence-corrected chi connectivity index (χ4v) is 2.06. The van der Waals surface area contributed by atoms with Gasteiger partial charge in [0.1, 0.15) is 0 Å².